The van der Waals surface area contributed by atoms with Crippen molar-refractivity contribution in [3.05, 3.63) is 0 Å². The van der Waals surface area contributed by atoms with Crippen LogP contribution in [0.3, 0.4) is 0 Å². The van der Waals surface area contributed by atoms with Crippen LogP contribution in [0.4, 0.5) is 4.79 Å². The van der Waals surface area contributed by atoms with E-state index in [-0.39, 0.29) is 0 Å². The average molecular weight is 140 g/mol. The van der Waals surface area contributed by atoms with Gasteiger partial charge >= 0.3 is 34.7 Å². The zero-order valence-electron chi connectivity index (χ0n) is 2.34. The van der Waals surface area contributed by atoms with Gasteiger partial charge in [0, 0.05) is 0 Å². The van der Waals surface area contributed by atoms with Gasteiger partial charge in [-0.2, -0.15) is 0 Å². The summed E-state index contributed by atoms with van der Waals surface area (Å²) >= 11 is -0.708. The Labute approximate surface area is 35.5 Å². The third-order valence-electron chi connectivity index (χ3n) is 0.101. The summed E-state index contributed by atoms with van der Waals surface area (Å²) in [7, 11) is 0. The summed E-state index contributed by atoms with van der Waals surface area (Å²) in [5.41, 5.74) is 0. The third-order valence-corrected chi connectivity index (χ3v) is 0.524. The van der Waals surface area contributed by atoms with Crippen molar-refractivity contribution in [3.63, 3.8) is 0 Å². The molecule has 0 spiro atoms. The molecular formula is CH3NO2Se. The fourth-order valence-electron chi connectivity index (χ4n) is 0. The molecule has 0 aromatic carbocycles. The van der Waals surface area contributed by atoms with E-state index in [2.05, 4.69) is 4.75 Å². The van der Waals surface area contributed by atoms with Crippen LogP contribution in [0.1, 0.15) is 0 Å². The topological polar surface area (TPSA) is 63.3 Å². The van der Waals surface area contributed by atoms with Crippen LogP contribution in [0.25, 0.3) is 0 Å². The Kier molecular flexibility index (Phi) is 2.18. The van der Waals surface area contributed by atoms with Gasteiger partial charge in [0.15, 0.2) is 0 Å². The molecule has 0 amide bonds. The molecule has 0 bridgehead atoms. The zero-order valence-corrected chi connectivity index (χ0v) is 4.05. The van der Waals surface area contributed by atoms with Crippen LogP contribution in [-0.4, -0.2) is 25.1 Å². The van der Waals surface area contributed by atoms with E-state index < -0.39 is 20.0 Å². The molecule has 0 aliphatic rings. The van der Waals surface area contributed by atoms with E-state index in [4.69, 9.17) is 5.11 Å². The van der Waals surface area contributed by atoms with Gasteiger partial charge in [0.1, 0.15) is 0 Å². The first-order chi connectivity index (χ1) is 2.27. The Morgan fingerprint density at radius 3 is 2.20 bits per heavy atom. The number of carbonyl (C=O) groups is 1. The van der Waals surface area contributed by atoms with E-state index in [1.807, 2.05) is 0 Å². The second-order valence-electron chi connectivity index (χ2n) is 0.384. The van der Waals surface area contributed by atoms with E-state index in [1.54, 1.807) is 0 Å². The Hall–Kier alpha value is -0.0505. The fourth-order valence-corrected chi connectivity index (χ4v) is 0. The molecule has 0 unspecified atom stereocenters. The van der Waals surface area contributed by atoms with Crippen molar-refractivity contribution in [2.24, 2.45) is 4.75 Å². The normalized spacial score (nSPS) is 7.40. The minimum atomic E-state index is -0.905. The van der Waals surface area contributed by atoms with Gasteiger partial charge in [0.05, 0.1) is 0 Å². The first-order valence-electron chi connectivity index (χ1n) is 0.868. The first-order valence-corrected chi connectivity index (χ1v) is 2.71. The van der Waals surface area contributed by atoms with Crippen LogP contribution < -0.4 is 4.75 Å². The maximum atomic E-state index is 9.27. The second-order valence-corrected chi connectivity index (χ2v) is 1.61. The quantitative estimate of drug-likeness (QED) is 0.470. The molecule has 5 heavy (non-hydrogen) atoms. The van der Waals surface area contributed by atoms with Crippen molar-refractivity contribution >= 4 is 20.0 Å². The van der Waals surface area contributed by atoms with Crippen molar-refractivity contribution in [1.29, 1.82) is 0 Å². The number of rotatable bonds is 1. The standard InChI is InChI=1S/CH3NO2Se/c2-5-1(3)4/h2H2,(H,3,4). The number of carboxylic acid groups (broad SMARTS) is 1. The van der Waals surface area contributed by atoms with Gasteiger partial charge in [-0.05, 0) is 0 Å². The summed E-state index contributed by atoms with van der Waals surface area (Å²) in [6.45, 7) is 0. The van der Waals surface area contributed by atoms with E-state index >= 15 is 0 Å². The molecule has 0 aliphatic heterocycles. The minimum absolute atomic E-state index is 0.708. The molecule has 0 rings (SSSR count). The molecule has 0 atom stereocenters. The van der Waals surface area contributed by atoms with E-state index in [9.17, 15) is 4.79 Å². The van der Waals surface area contributed by atoms with Crippen LogP contribution in [0.2, 0.25) is 0 Å². The molecule has 30 valence electrons. The third kappa shape index (κ3) is 3.95. The summed E-state index contributed by atoms with van der Waals surface area (Å²) in [5, 5.41) is 7.62. The monoisotopic (exact) mass is 141 g/mol. The molecule has 0 heterocycles. The second kappa shape index (κ2) is 2.20. The Morgan fingerprint density at radius 1 is 2.00 bits per heavy atom. The van der Waals surface area contributed by atoms with Crippen LogP contribution in [0.5, 0.6) is 0 Å². The molecule has 0 fully saturated rings. The van der Waals surface area contributed by atoms with Crippen molar-refractivity contribution in [3.8, 4) is 0 Å². The van der Waals surface area contributed by atoms with Crippen LogP contribution in [-0.2, 0) is 0 Å². The van der Waals surface area contributed by atoms with Gasteiger partial charge in [-0.3, -0.25) is 0 Å². The van der Waals surface area contributed by atoms with Crippen molar-refractivity contribution in [2.45, 2.75) is 0 Å². The van der Waals surface area contributed by atoms with Gasteiger partial charge in [-0.25, -0.2) is 0 Å². The predicted molar refractivity (Wildman–Crippen MR) is 18.0 cm³/mol. The Bertz CT molecular complexity index is 44.9. The Balaban J connectivity index is 2.85. The predicted octanol–water partition coefficient (Wildman–Crippen LogP) is -0.758. The van der Waals surface area contributed by atoms with Crippen LogP contribution in [0.15, 0.2) is 0 Å². The number of nitrogens with two attached hydrogens (primary N) is 1. The fraction of sp³-hybridized carbons (Fsp3) is 0. The molecule has 4 heteroatoms. The van der Waals surface area contributed by atoms with Gasteiger partial charge in [0.2, 0.25) is 0 Å². The van der Waals surface area contributed by atoms with Crippen molar-refractivity contribution in [2.75, 3.05) is 0 Å². The van der Waals surface area contributed by atoms with Gasteiger partial charge in [-0.1, -0.05) is 0 Å². The van der Waals surface area contributed by atoms with E-state index in [0.29, 0.717) is 0 Å². The molecule has 0 aliphatic carbocycles. The average Bonchev–Trinajstić information content (AvgIpc) is 1.38. The summed E-state index contributed by atoms with van der Waals surface area (Å²) in [5.74, 6) is 0. The summed E-state index contributed by atoms with van der Waals surface area (Å²) < 4.78 is 4.63. The summed E-state index contributed by atoms with van der Waals surface area (Å²) in [6.07, 6.45) is 0. The first kappa shape index (κ1) is 4.95. The van der Waals surface area contributed by atoms with E-state index in [0.717, 1.165) is 0 Å². The van der Waals surface area contributed by atoms with Crippen LogP contribution >= 0.6 is 0 Å². The zero-order chi connectivity index (χ0) is 4.28. The molecule has 3 nitrogen and oxygen atoms in total. The van der Waals surface area contributed by atoms with Gasteiger partial charge in [0.25, 0.3) is 0 Å². The summed E-state index contributed by atoms with van der Waals surface area (Å²) in [6, 6.07) is 0. The number of hydrogen-bond acceptors (Lipinski definition) is 2. The molecule has 3 N–H and O–H groups in total. The molecule has 0 saturated heterocycles. The summed E-state index contributed by atoms with van der Waals surface area (Å²) in [4.78, 5) is 8.37. The molecule has 0 aromatic heterocycles. The van der Waals surface area contributed by atoms with Crippen LogP contribution in [0, 0.1) is 0 Å². The van der Waals surface area contributed by atoms with E-state index in [1.165, 1.54) is 0 Å². The maximum absolute atomic E-state index is 9.27. The van der Waals surface area contributed by atoms with Gasteiger partial charge in [-0.15, -0.1) is 0 Å². The number of hydrogen-bond donors (Lipinski definition) is 2. The molecule has 0 aromatic rings. The molecular weight excluding hydrogens is 137 g/mol. The molecule has 0 saturated carbocycles. The van der Waals surface area contributed by atoms with Crippen molar-refractivity contribution in [1.82, 2.24) is 0 Å². The Morgan fingerprint density at radius 2 is 2.20 bits per heavy atom. The SMILES string of the molecule is N[Se]C(=O)O. The van der Waals surface area contributed by atoms with Gasteiger partial charge < -0.3 is 0 Å². The molecule has 0 radical (unpaired) electrons. The van der Waals surface area contributed by atoms with Crippen molar-refractivity contribution < 1.29 is 9.90 Å².